The molecule has 0 aliphatic rings. The minimum absolute atomic E-state index is 0.0452. The van der Waals surface area contributed by atoms with Crippen molar-refractivity contribution in [2.24, 2.45) is 0 Å². The summed E-state index contributed by atoms with van der Waals surface area (Å²) in [5.74, 6) is -0.934. The number of benzene rings is 1. The van der Waals surface area contributed by atoms with E-state index in [-0.39, 0.29) is 17.8 Å². The van der Waals surface area contributed by atoms with Crippen molar-refractivity contribution in [2.75, 3.05) is 11.6 Å². The van der Waals surface area contributed by atoms with E-state index in [9.17, 15) is 22.8 Å². The van der Waals surface area contributed by atoms with E-state index in [2.05, 4.69) is 10.3 Å². The first-order valence-electron chi connectivity index (χ1n) is 7.20. The third-order valence-corrected chi connectivity index (χ3v) is 2.99. The molecule has 0 unspecified atom stereocenters. The summed E-state index contributed by atoms with van der Waals surface area (Å²) in [4.78, 5) is 32.9. The van der Waals surface area contributed by atoms with Crippen LogP contribution in [-0.4, -0.2) is 23.5 Å². The molecule has 9 heteroatoms. The lowest BCUT2D eigenvalue weighted by Gasteiger charge is -2.22. The molecule has 0 fully saturated rings. The average Bonchev–Trinajstić information content (AvgIpc) is 2.59. The van der Waals surface area contributed by atoms with Gasteiger partial charge in [0.1, 0.15) is 0 Å². The first kappa shape index (κ1) is 18.2. The summed E-state index contributed by atoms with van der Waals surface area (Å²) >= 11 is 0. The van der Waals surface area contributed by atoms with Crippen molar-refractivity contribution in [3.05, 3.63) is 59.9 Å². The predicted molar refractivity (Wildman–Crippen MR) is 82.6 cm³/mol. The number of carbonyl (C=O) groups excluding carboxylic acids is 2. The van der Waals surface area contributed by atoms with Crippen LogP contribution in [0, 0.1) is 0 Å². The minimum atomic E-state index is -4.60. The van der Waals surface area contributed by atoms with E-state index in [1.165, 1.54) is 30.6 Å². The second-order valence-corrected chi connectivity index (χ2v) is 4.80. The maximum atomic E-state index is 12.9. The number of rotatable bonds is 3. The molecular formula is C16H14F3N3O3. The zero-order valence-corrected chi connectivity index (χ0v) is 13.1. The van der Waals surface area contributed by atoms with E-state index in [1.54, 1.807) is 6.92 Å². The quantitative estimate of drug-likeness (QED) is 0.859. The molecule has 2 amide bonds. The normalized spacial score (nSPS) is 10.9. The van der Waals surface area contributed by atoms with Crippen LogP contribution in [0.15, 0.2) is 48.8 Å². The molecule has 0 bridgehead atoms. The summed E-state index contributed by atoms with van der Waals surface area (Å²) in [6.45, 7) is 1.81. The van der Waals surface area contributed by atoms with Crippen molar-refractivity contribution in [1.29, 1.82) is 0 Å². The number of hydroxylamine groups is 1. The van der Waals surface area contributed by atoms with Gasteiger partial charge in [-0.25, -0.2) is 9.59 Å². The van der Waals surface area contributed by atoms with Crippen molar-refractivity contribution in [3.63, 3.8) is 0 Å². The summed E-state index contributed by atoms with van der Waals surface area (Å²) in [6.07, 6.45) is -1.95. The molecule has 2 rings (SSSR count). The summed E-state index contributed by atoms with van der Waals surface area (Å²) in [7, 11) is 0. The third kappa shape index (κ3) is 4.69. The van der Waals surface area contributed by atoms with E-state index < -0.39 is 23.7 Å². The first-order chi connectivity index (χ1) is 11.8. The van der Waals surface area contributed by atoms with E-state index in [1.807, 2.05) is 0 Å². The molecule has 6 nitrogen and oxygen atoms in total. The molecule has 2 aromatic rings. The van der Waals surface area contributed by atoms with Gasteiger partial charge < -0.3 is 10.2 Å². The molecule has 0 saturated heterocycles. The number of hydrogen-bond donors (Lipinski definition) is 1. The minimum Gasteiger partial charge on any atom is -0.335 e. The molecular weight excluding hydrogens is 339 g/mol. The van der Waals surface area contributed by atoms with Gasteiger partial charge in [-0.2, -0.15) is 13.2 Å². The Morgan fingerprint density at radius 2 is 2.00 bits per heavy atom. The van der Waals surface area contributed by atoms with Gasteiger partial charge in [-0.1, -0.05) is 6.07 Å². The lowest BCUT2D eigenvalue weighted by molar-refractivity contribution is -0.137. The Bertz CT molecular complexity index is 751. The molecule has 1 aromatic heterocycles. The highest BCUT2D eigenvalue weighted by molar-refractivity contribution is 5.96. The van der Waals surface area contributed by atoms with Gasteiger partial charge in [-0.15, -0.1) is 5.06 Å². The molecule has 0 atom stereocenters. The number of alkyl halides is 3. The molecule has 0 radical (unpaired) electrons. The molecule has 1 aromatic carbocycles. The number of urea groups is 1. The third-order valence-electron chi connectivity index (χ3n) is 2.99. The summed E-state index contributed by atoms with van der Waals surface area (Å²) in [5.41, 5.74) is -1.17. The molecule has 0 aliphatic carbocycles. The number of pyridine rings is 1. The number of nitrogens with one attached hydrogen (secondary N) is 1. The van der Waals surface area contributed by atoms with Gasteiger partial charge in [0.05, 0.1) is 16.8 Å². The zero-order chi connectivity index (χ0) is 18.4. The molecule has 0 saturated carbocycles. The Hall–Kier alpha value is -3.10. The van der Waals surface area contributed by atoms with Gasteiger partial charge >= 0.3 is 18.2 Å². The van der Waals surface area contributed by atoms with Crippen molar-refractivity contribution < 1.29 is 27.6 Å². The van der Waals surface area contributed by atoms with Crippen LogP contribution < -0.4 is 10.4 Å². The predicted octanol–water partition coefficient (Wildman–Crippen LogP) is 3.41. The Morgan fingerprint density at radius 1 is 1.24 bits per heavy atom. The maximum Gasteiger partial charge on any atom is 0.416 e. The van der Waals surface area contributed by atoms with Crippen molar-refractivity contribution in [2.45, 2.75) is 13.1 Å². The number of halogens is 3. The fourth-order valence-electron chi connectivity index (χ4n) is 1.86. The highest BCUT2D eigenvalue weighted by atomic mass is 19.4. The molecule has 0 aliphatic heterocycles. The van der Waals surface area contributed by atoms with Crippen LogP contribution >= 0.6 is 0 Å². The largest absolute Gasteiger partial charge is 0.416 e. The summed E-state index contributed by atoms with van der Waals surface area (Å²) in [5, 5.41) is 2.85. The van der Waals surface area contributed by atoms with E-state index in [4.69, 9.17) is 4.84 Å². The highest BCUT2D eigenvalue weighted by Gasteiger charge is 2.32. The van der Waals surface area contributed by atoms with Crippen LogP contribution in [0.25, 0.3) is 0 Å². The standard InChI is InChI=1S/C16H14F3N3O3/c1-2-21-15(24)22(25-14(23)11-5-4-8-20-10-11)13-7-3-6-12(9-13)16(17,18)19/h3-10H,2H2,1H3,(H,21,24). The monoisotopic (exact) mass is 353 g/mol. The second kappa shape index (κ2) is 7.65. The molecule has 132 valence electrons. The fraction of sp³-hybridized carbons (Fsp3) is 0.188. The molecule has 1 heterocycles. The van der Waals surface area contributed by atoms with Crippen molar-refractivity contribution >= 4 is 17.7 Å². The van der Waals surface area contributed by atoms with Crippen LogP contribution in [0.4, 0.5) is 23.7 Å². The van der Waals surface area contributed by atoms with E-state index >= 15 is 0 Å². The summed E-state index contributed by atoms with van der Waals surface area (Å²) < 4.78 is 38.6. The average molecular weight is 353 g/mol. The van der Waals surface area contributed by atoms with Crippen molar-refractivity contribution in [3.8, 4) is 0 Å². The van der Waals surface area contributed by atoms with E-state index in [0.29, 0.717) is 11.1 Å². The Labute approximate surface area is 141 Å². The molecule has 1 N–H and O–H groups in total. The lowest BCUT2D eigenvalue weighted by Crippen LogP contribution is -2.41. The molecule has 25 heavy (non-hydrogen) atoms. The van der Waals surface area contributed by atoms with Gasteiger partial charge in [0, 0.05) is 18.9 Å². The van der Waals surface area contributed by atoms with Crippen LogP contribution in [0.5, 0.6) is 0 Å². The fourth-order valence-corrected chi connectivity index (χ4v) is 1.86. The first-order valence-corrected chi connectivity index (χ1v) is 7.20. The second-order valence-electron chi connectivity index (χ2n) is 4.80. The Morgan fingerprint density at radius 3 is 2.60 bits per heavy atom. The van der Waals surface area contributed by atoms with Gasteiger partial charge in [0.25, 0.3) is 0 Å². The van der Waals surface area contributed by atoms with Gasteiger partial charge in [0.2, 0.25) is 0 Å². The zero-order valence-electron chi connectivity index (χ0n) is 13.1. The van der Waals surface area contributed by atoms with Gasteiger partial charge in [-0.05, 0) is 37.3 Å². The SMILES string of the molecule is CCNC(=O)N(OC(=O)c1cccnc1)c1cccc(C(F)(F)F)c1. The topological polar surface area (TPSA) is 71.5 Å². The number of hydrogen-bond acceptors (Lipinski definition) is 4. The van der Waals surface area contributed by atoms with Crippen LogP contribution in [0.1, 0.15) is 22.8 Å². The number of aromatic nitrogens is 1. The van der Waals surface area contributed by atoms with Crippen molar-refractivity contribution in [1.82, 2.24) is 10.3 Å². The molecule has 0 spiro atoms. The maximum absolute atomic E-state index is 12.9. The number of amides is 2. The Balaban J connectivity index is 2.34. The van der Waals surface area contributed by atoms with Crippen LogP contribution in [-0.2, 0) is 11.0 Å². The van der Waals surface area contributed by atoms with Gasteiger partial charge in [0.15, 0.2) is 0 Å². The van der Waals surface area contributed by atoms with E-state index in [0.717, 1.165) is 12.1 Å². The number of anilines is 1. The van der Waals surface area contributed by atoms with Crippen LogP contribution in [0.3, 0.4) is 0 Å². The summed E-state index contributed by atoms with van der Waals surface area (Å²) in [6, 6.07) is 5.91. The lowest BCUT2D eigenvalue weighted by atomic mass is 10.2. The highest BCUT2D eigenvalue weighted by Crippen LogP contribution is 2.31. The number of carbonyl (C=O) groups is 2. The smallest absolute Gasteiger partial charge is 0.335 e. The van der Waals surface area contributed by atoms with Crippen LogP contribution in [0.2, 0.25) is 0 Å². The number of nitrogens with zero attached hydrogens (tertiary/aromatic N) is 2. The van der Waals surface area contributed by atoms with Gasteiger partial charge in [-0.3, -0.25) is 4.98 Å². The Kier molecular flexibility index (Phi) is 5.58.